The number of nitrogens with zero attached hydrogens (tertiary/aromatic N) is 1. The lowest BCUT2D eigenvalue weighted by Gasteiger charge is -2.08. The third-order valence-corrected chi connectivity index (χ3v) is 7.05. The number of hydrogen-bond donors (Lipinski definition) is 1. The first-order valence-corrected chi connectivity index (χ1v) is 11.2. The molecular formula is C16H15BrN2O2S3. The summed E-state index contributed by atoms with van der Waals surface area (Å²) in [7, 11) is -3.62. The second kappa shape index (κ2) is 7.03. The molecule has 1 N–H and O–H groups in total. The maximum absolute atomic E-state index is 12.5. The molecule has 0 aliphatic heterocycles. The van der Waals surface area contributed by atoms with Gasteiger partial charge >= 0.3 is 0 Å². The van der Waals surface area contributed by atoms with Gasteiger partial charge in [0.15, 0.2) is 4.34 Å². The zero-order chi connectivity index (χ0) is 17.3. The fraction of sp³-hybridized carbons (Fsp3) is 0.188. The van der Waals surface area contributed by atoms with Gasteiger partial charge in [0.2, 0.25) is 0 Å². The van der Waals surface area contributed by atoms with Crippen LogP contribution in [-0.2, 0) is 10.0 Å². The van der Waals surface area contributed by atoms with Crippen molar-refractivity contribution in [1.82, 2.24) is 4.98 Å². The van der Waals surface area contributed by atoms with Gasteiger partial charge in [0.05, 0.1) is 20.8 Å². The van der Waals surface area contributed by atoms with Crippen LogP contribution in [0.3, 0.4) is 0 Å². The SMILES string of the molecule is CC(C)Sc1nc2ccc(NS(=O)(=O)c3cccc(Br)c3)cc2s1. The summed E-state index contributed by atoms with van der Waals surface area (Å²) in [5.41, 5.74) is 1.42. The Morgan fingerprint density at radius 3 is 2.71 bits per heavy atom. The lowest BCUT2D eigenvalue weighted by molar-refractivity contribution is 0.601. The fourth-order valence-corrected chi connectivity index (χ4v) is 6.04. The second-order valence-corrected chi connectivity index (χ2v) is 10.8. The molecule has 0 unspecified atom stereocenters. The molecule has 3 rings (SSSR count). The summed E-state index contributed by atoms with van der Waals surface area (Å²) in [6.07, 6.45) is 0. The highest BCUT2D eigenvalue weighted by Gasteiger charge is 2.15. The molecule has 8 heteroatoms. The van der Waals surface area contributed by atoms with Gasteiger partial charge in [-0.05, 0) is 36.4 Å². The summed E-state index contributed by atoms with van der Waals surface area (Å²) in [6, 6.07) is 12.0. The second-order valence-electron chi connectivity index (χ2n) is 5.39. The summed E-state index contributed by atoms with van der Waals surface area (Å²) in [4.78, 5) is 4.78. The Kier molecular flexibility index (Phi) is 5.19. The van der Waals surface area contributed by atoms with E-state index >= 15 is 0 Å². The molecule has 0 amide bonds. The van der Waals surface area contributed by atoms with Crippen LogP contribution in [0.1, 0.15) is 13.8 Å². The van der Waals surface area contributed by atoms with Crippen LogP contribution < -0.4 is 4.72 Å². The van der Waals surface area contributed by atoms with Crippen LogP contribution in [0, 0.1) is 0 Å². The molecule has 0 saturated heterocycles. The van der Waals surface area contributed by atoms with Crippen molar-refractivity contribution >= 4 is 65.0 Å². The van der Waals surface area contributed by atoms with E-state index in [0.29, 0.717) is 10.9 Å². The Labute approximate surface area is 157 Å². The zero-order valence-electron chi connectivity index (χ0n) is 13.0. The van der Waals surface area contributed by atoms with Crippen LogP contribution in [0.15, 0.2) is 56.2 Å². The van der Waals surface area contributed by atoms with Crippen molar-refractivity contribution in [1.29, 1.82) is 0 Å². The Morgan fingerprint density at radius 1 is 1.21 bits per heavy atom. The molecule has 0 atom stereocenters. The molecule has 126 valence electrons. The third kappa shape index (κ3) is 4.11. The maximum Gasteiger partial charge on any atom is 0.261 e. The molecular weight excluding hydrogens is 428 g/mol. The van der Waals surface area contributed by atoms with Crippen molar-refractivity contribution in [2.24, 2.45) is 0 Å². The maximum atomic E-state index is 12.5. The van der Waals surface area contributed by atoms with Crippen LogP contribution in [-0.4, -0.2) is 18.7 Å². The minimum absolute atomic E-state index is 0.220. The number of rotatable bonds is 5. The Bertz CT molecular complexity index is 984. The average Bonchev–Trinajstić information content (AvgIpc) is 2.87. The molecule has 0 aliphatic rings. The standard InChI is InChI=1S/C16H15BrN2O2S3/c1-10(2)22-16-18-14-7-6-12(9-15(14)23-16)19-24(20,21)13-5-3-4-11(17)8-13/h3-10,19H,1-2H3. The molecule has 0 aliphatic carbocycles. The Hall–Kier alpha value is -1.09. The Balaban J connectivity index is 1.89. The van der Waals surface area contributed by atoms with E-state index in [2.05, 4.69) is 39.5 Å². The van der Waals surface area contributed by atoms with E-state index in [1.54, 1.807) is 53.4 Å². The summed E-state index contributed by atoms with van der Waals surface area (Å²) in [5.74, 6) is 0. The van der Waals surface area contributed by atoms with E-state index in [-0.39, 0.29) is 4.90 Å². The summed E-state index contributed by atoms with van der Waals surface area (Å²) in [5, 5.41) is 0.458. The van der Waals surface area contributed by atoms with E-state index in [9.17, 15) is 8.42 Å². The molecule has 24 heavy (non-hydrogen) atoms. The van der Waals surface area contributed by atoms with E-state index in [1.165, 1.54) is 0 Å². The van der Waals surface area contributed by atoms with E-state index in [0.717, 1.165) is 19.0 Å². The van der Waals surface area contributed by atoms with Crippen LogP contribution >= 0.6 is 39.0 Å². The van der Waals surface area contributed by atoms with Crippen molar-refractivity contribution < 1.29 is 8.42 Å². The Morgan fingerprint density at radius 2 is 2.00 bits per heavy atom. The molecule has 0 bridgehead atoms. The number of anilines is 1. The third-order valence-electron chi connectivity index (χ3n) is 3.06. The zero-order valence-corrected chi connectivity index (χ0v) is 17.0. The van der Waals surface area contributed by atoms with Gasteiger partial charge in [-0.1, -0.05) is 47.6 Å². The number of nitrogens with one attached hydrogen (secondary N) is 1. The van der Waals surface area contributed by atoms with E-state index < -0.39 is 10.0 Å². The number of thiazole rings is 1. The number of thioether (sulfide) groups is 1. The topological polar surface area (TPSA) is 59.1 Å². The number of aromatic nitrogens is 1. The van der Waals surface area contributed by atoms with Gasteiger partial charge in [-0.25, -0.2) is 13.4 Å². The lowest BCUT2D eigenvalue weighted by Crippen LogP contribution is -2.12. The highest BCUT2D eigenvalue weighted by atomic mass is 79.9. The first-order chi connectivity index (χ1) is 11.3. The molecule has 0 fully saturated rings. The van der Waals surface area contributed by atoms with E-state index in [1.807, 2.05) is 12.1 Å². The van der Waals surface area contributed by atoms with Crippen molar-refractivity contribution in [2.75, 3.05) is 4.72 Å². The number of benzene rings is 2. The number of sulfonamides is 1. The largest absolute Gasteiger partial charge is 0.280 e. The monoisotopic (exact) mass is 442 g/mol. The minimum Gasteiger partial charge on any atom is -0.280 e. The minimum atomic E-state index is -3.62. The molecule has 3 aromatic rings. The van der Waals surface area contributed by atoms with E-state index in [4.69, 9.17) is 0 Å². The molecule has 1 aromatic heterocycles. The first-order valence-electron chi connectivity index (χ1n) is 7.19. The van der Waals surface area contributed by atoms with Gasteiger partial charge in [-0.2, -0.15) is 0 Å². The first kappa shape index (κ1) is 17.7. The van der Waals surface area contributed by atoms with Crippen molar-refractivity contribution in [3.63, 3.8) is 0 Å². The van der Waals surface area contributed by atoms with Crippen molar-refractivity contribution in [2.45, 2.75) is 28.3 Å². The predicted octanol–water partition coefficient (Wildman–Crippen LogP) is 5.36. The quantitative estimate of drug-likeness (QED) is 0.540. The number of fused-ring (bicyclic) bond motifs is 1. The summed E-state index contributed by atoms with van der Waals surface area (Å²) in [6.45, 7) is 4.24. The normalized spacial score (nSPS) is 12.0. The summed E-state index contributed by atoms with van der Waals surface area (Å²) < 4.78 is 30.3. The average molecular weight is 443 g/mol. The van der Waals surface area contributed by atoms with Gasteiger partial charge in [-0.3, -0.25) is 4.72 Å². The van der Waals surface area contributed by atoms with Crippen molar-refractivity contribution in [3.05, 3.63) is 46.9 Å². The van der Waals surface area contributed by atoms with Crippen LogP contribution in [0.4, 0.5) is 5.69 Å². The van der Waals surface area contributed by atoms with Crippen LogP contribution in [0.2, 0.25) is 0 Å². The van der Waals surface area contributed by atoms with Gasteiger partial charge in [0.1, 0.15) is 0 Å². The van der Waals surface area contributed by atoms with Crippen LogP contribution in [0.25, 0.3) is 10.2 Å². The van der Waals surface area contributed by atoms with Gasteiger partial charge in [-0.15, -0.1) is 11.3 Å². The fourth-order valence-electron chi connectivity index (χ4n) is 2.07. The summed E-state index contributed by atoms with van der Waals surface area (Å²) >= 11 is 6.57. The molecule has 1 heterocycles. The highest BCUT2D eigenvalue weighted by molar-refractivity contribution is 9.10. The molecule has 0 saturated carbocycles. The predicted molar refractivity (Wildman–Crippen MR) is 106 cm³/mol. The van der Waals surface area contributed by atoms with Gasteiger partial charge in [0, 0.05) is 9.72 Å². The molecule has 2 aromatic carbocycles. The highest BCUT2D eigenvalue weighted by Crippen LogP contribution is 2.33. The smallest absolute Gasteiger partial charge is 0.261 e. The van der Waals surface area contributed by atoms with Gasteiger partial charge < -0.3 is 0 Å². The lowest BCUT2D eigenvalue weighted by atomic mass is 10.3. The molecule has 0 spiro atoms. The van der Waals surface area contributed by atoms with Gasteiger partial charge in [0.25, 0.3) is 10.0 Å². The molecule has 4 nitrogen and oxygen atoms in total. The molecule has 0 radical (unpaired) electrons. The van der Waals surface area contributed by atoms with Crippen molar-refractivity contribution in [3.8, 4) is 0 Å². The number of hydrogen-bond acceptors (Lipinski definition) is 5. The number of halogens is 1. The van der Waals surface area contributed by atoms with Crippen LogP contribution in [0.5, 0.6) is 0 Å².